The Hall–Kier alpha value is -1.99. The van der Waals surface area contributed by atoms with Crippen LogP contribution in [0.5, 0.6) is 0 Å². The molecule has 27 heavy (non-hydrogen) atoms. The minimum Gasteiger partial charge on any atom is -0.461 e. The van der Waals surface area contributed by atoms with Crippen LogP contribution in [0.4, 0.5) is 0 Å². The van der Waals surface area contributed by atoms with Crippen molar-refractivity contribution < 1.29 is 14.4 Å². The molecular weight excluding hydrogens is 346 g/mol. The van der Waals surface area contributed by atoms with Crippen LogP contribution in [-0.4, -0.2) is 45.1 Å². The number of hydrogen-bond acceptors (Lipinski definition) is 7. The lowest BCUT2D eigenvalue weighted by Gasteiger charge is -2.07. The van der Waals surface area contributed by atoms with Crippen molar-refractivity contribution in [3.63, 3.8) is 0 Å². The Bertz CT molecular complexity index is 545. The summed E-state index contributed by atoms with van der Waals surface area (Å²) in [7, 11) is 0. The summed E-state index contributed by atoms with van der Waals surface area (Å²) >= 11 is 0. The van der Waals surface area contributed by atoms with Gasteiger partial charge in [-0.2, -0.15) is 0 Å². The highest BCUT2D eigenvalue weighted by Crippen LogP contribution is 2.11. The molecule has 8 heteroatoms. The molecule has 0 unspecified atom stereocenters. The zero-order valence-electron chi connectivity index (χ0n) is 17.2. The number of aromatic nitrogens is 4. The van der Waals surface area contributed by atoms with Gasteiger partial charge in [-0.1, -0.05) is 69.9 Å². The van der Waals surface area contributed by atoms with Crippen LogP contribution in [-0.2, 0) is 20.9 Å². The van der Waals surface area contributed by atoms with Crippen molar-refractivity contribution in [2.24, 2.45) is 5.16 Å². The van der Waals surface area contributed by atoms with Gasteiger partial charge in [-0.25, -0.2) is 9.48 Å². The first-order valence-corrected chi connectivity index (χ1v) is 10.4. The average Bonchev–Trinajstić information content (AvgIpc) is 3.12. The Morgan fingerprint density at radius 2 is 1.56 bits per heavy atom. The number of esters is 1. The van der Waals surface area contributed by atoms with Gasteiger partial charge in [0.1, 0.15) is 6.61 Å². The molecular formula is C19H35N5O3. The fourth-order valence-corrected chi connectivity index (χ4v) is 2.77. The molecule has 0 aliphatic heterocycles. The Balaban J connectivity index is 2.38. The summed E-state index contributed by atoms with van der Waals surface area (Å²) in [5.41, 5.74) is 0.00998. The van der Waals surface area contributed by atoms with E-state index >= 15 is 0 Å². The molecule has 0 aliphatic rings. The maximum Gasteiger partial charge on any atom is 0.364 e. The van der Waals surface area contributed by atoms with E-state index in [-0.39, 0.29) is 18.1 Å². The van der Waals surface area contributed by atoms with Crippen LogP contribution in [0.1, 0.15) is 90.8 Å². The van der Waals surface area contributed by atoms with Gasteiger partial charge in [0.25, 0.3) is 0 Å². The Labute approximate surface area is 162 Å². The second kappa shape index (κ2) is 15.1. The second-order valence-corrected chi connectivity index (χ2v) is 6.49. The zero-order chi connectivity index (χ0) is 19.7. The van der Waals surface area contributed by atoms with Crippen LogP contribution in [0.3, 0.4) is 0 Å². The number of hydrogen-bond donors (Lipinski definition) is 0. The molecule has 1 aromatic heterocycles. The number of carbonyl (C=O) groups excluding carboxylic acids is 1. The summed E-state index contributed by atoms with van der Waals surface area (Å²) in [6.45, 7) is 7.02. The monoisotopic (exact) mass is 381 g/mol. The zero-order valence-corrected chi connectivity index (χ0v) is 17.2. The first kappa shape index (κ1) is 23.0. The van der Waals surface area contributed by atoms with Crippen LogP contribution in [0.2, 0.25) is 0 Å². The van der Waals surface area contributed by atoms with Gasteiger partial charge < -0.3 is 9.57 Å². The molecule has 0 radical (unpaired) electrons. The van der Waals surface area contributed by atoms with Gasteiger partial charge in [-0.05, 0) is 30.7 Å². The molecule has 8 nitrogen and oxygen atoms in total. The highest BCUT2D eigenvalue weighted by molar-refractivity contribution is 6.42. The van der Waals surface area contributed by atoms with Crippen LogP contribution >= 0.6 is 0 Å². The highest BCUT2D eigenvalue weighted by atomic mass is 16.6. The van der Waals surface area contributed by atoms with Gasteiger partial charge in [0.05, 0.1) is 6.61 Å². The van der Waals surface area contributed by atoms with Crippen LogP contribution < -0.4 is 0 Å². The number of tetrazole rings is 1. The molecule has 0 bridgehead atoms. The first-order valence-electron chi connectivity index (χ1n) is 10.4. The van der Waals surface area contributed by atoms with Crippen molar-refractivity contribution in [1.82, 2.24) is 20.2 Å². The standard InChI is InChI=1S/C19H35N5O3/c1-4-7-8-9-10-11-12-13-14-15-16-24-18(20-22-23-24)17(21-27-6-3)19(25)26-5-2/h4-16H2,1-3H3/b21-17-. The fourth-order valence-electron chi connectivity index (χ4n) is 2.77. The number of oxime groups is 1. The molecule has 154 valence electrons. The number of nitrogens with zero attached hydrogens (tertiary/aromatic N) is 5. The maximum absolute atomic E-state index is 12.1. The van der Waals surface area contributed by atoms with Crippen LogP contribution in [0.15, 0.2) is 5.16 Å². The number of rotatable bonds is 16. The maximum atomic E-state index is 12.1. The molecule has 1 heterocycles. The topological polar surface area (TPSA) is 91.5 Å². The van der Waals surface area contributed by atoms with E-state index < -0.39 is 5.97 Å². The van der Waals surface area contributed by atoms with E-state index in [1.54, 1.807) is 18.5 Å². The van der Waals surface area contributed by atoms with E-state index in [4.69, 9.17) is 9.57 Å². The Morgan fingerprint density at radius 1 is 0.926 bits per heavy atom. The van der Waals surface area contributed by atoms with E-state index in [2.05, 4.69) is 27.6 Å². The van der Waals surface area contributed by atoms with Gasteiger partial charge in [0.15, 0.2) is 0 Å². The minimum atomic E-state index is -0.579. The van der Waals surface area contributed by atoms with Crippen LogP contribution in [0.25, 0.3) is 0 Å². The third kappa shape index (κ3) is 9.49. The predicted octanol–water partition coefficient (Wildman–Crippen LogP) is 3.90. The Morgan fingerprint density at radius 3 is 2.15 bits per heavy atom. The number of unbranched alkanes of at least 4 members (excludes halogenated alkanes) is 9. The lowest BCUT2D eigenvalue weighted by atomic mass is 10.1. The third-order valence-electron chi connectivity index (χ3n) is 4.22. The number of carbonyl (C=O) groups is 1. The molecule has 1 rings (SSSR count). The summed E-state index contributed by atoms with van der Waals surface area (Å²) in [5.74, 6) is -0.289. The van der Waals surface area contributed by atoms with E-state index in [1.807, 2.05) is 0 Å². The molecule has 0 aromatic carbocycles. The SMILES string of the molecule is CCCCCCCCCCCCn1nnnc1/C(=N/OCC)C(=O)OCC. The molecule has 0 fully saturated rings. The fraction of sp³-hybridized carbons (Fsp3) is 0.842. The second-order valence-electron chi connectivity index (χ2n) is 6.49. The largest absolute Gasteiger partial charge is 0.461 e. The number of ether oxygens (including phenoxy) is 1. The summed E-state index contributed by atoms with van der Waals surface area (Å²) in [4.78, 5) is 17.1. The highest BCUT2D eigenvalue weighted by Gasteiger charge is 2.23. The molecule has 0 N–H and O–H groups in total. The average molecular weight is 382 g/mol. The van der Waals surface area contributed by atoms with Gasteiger partial charge >= 0.3 is 5.97 Å². The van der Waals surface area contributed by atoms with Gasteiger partial charge in [-0.15, -0.1) is 5.10 Å². The van der Waals surface area contributed by atoms with Crippen molar-refractivity contribution >= 4 is 11.7 Å². The van der Waals surface area contributed by atoms with E-state index in [0.29, 0.717) is 13.2 Å². The first-order chi connectivity index (χ1) is 13.2. The third-order valence-corrected chi connectivity index (χ3v) is 4.22. The van der Waals surface area contributed by atoms with E-state index in [9.17, 15) is 4.79 Å². The minimum absolute atomic E-state index is 0.00998. The van der Waals surface area contributed by atoms with Crippen molar-refractivity contribution in [1.29, 1.82) is 0 Å². The molecule has 0 amide bonds. The van der Waals surface area contributed by atoms with Crippen molar-refractivity contribution in [2.45, 2.75) is 91.5 Å². The summed E-state index contributed by atoms with van der Waals surface area (Å²) < 4.78 is 6.62. The van der Waals surface area contributed by atoms with E-state index in [1.165, 1.54) is 51.4 Å². The van der Waals surface area contributed by atoms with Crippen LogP contribution in [0, 0.1) is 0 Å². The smallest absolute Gasteiger partial charge is 0.364 e. The van der Waals surface area contributed by atoms with Crippen molar-refractivity contribution in [3.05, 3.63) is 5.82 Å². The van der Waals surface area contributed by atoms with Gasteiger partial charge in [-0.3, -0.25) is 0 Å². The summed E-state index contributed by atoms with van der Waals surface area (Å²) in [6.07, 6.45) is 12.6. The van der Waals surface area contributed by atoms with Crippen molar-refractivity contribution in [2.75, 3.05) is 13.2 Å². The summed E-state index contributed by atoms with van der Waals surface area (Å²) in [5, 5.41) is 15.4. The molecule has 0 aliphatic carbocycles. The lowest BCUT2D eigenvalue weighted by molar-refractivity contribution is -0.135. The van der Waals surface area contributed by atoms with E-state index in [0.717, 1.165) is 12.8 Å². The number of aryl methyl sites for hydroxylation is 1. The predicted molar refractivity (Wildman–Crippen MR) is 104 cm³/mol. The molecule has 0 saturated carbocycles. The molecule has 1 aromatic rings. The quantitative estimate of drug-likeness (QED) is 0.187. The Kier molecular flexibility index (Phi) is 12.9. The lowest BCUT2D eigenvalue weighted by Crippen LogP contribution is -2.24. The molecule has 0 spiro atoms. The molecule has 0 atom stereocenters. The van der Waals surface area contributed by atoms with Gasteiger partial charge in [0, 0.05) is 6.54 Å². The molecule has 0 saturated heterocycles. The van der Waals surface area contributed by atoms with Gasteiger partial charge in [0.2, 0.25) is 11.5 Å². The summed E-state index contributed by atoms with van der Waals surface area (Å²) in [6, 6.07) is 0. The normalized spacial score (nSPS) is 11.6. The van der Waals surface area contributed by atoms with Crippen molar-refractivity contribution in [3.8, 4) is 0 Å².